The third-order valence-corrected chi connectivity index (χ3v) is 6.52. The van der Waals surface area contributed by atoms with Gasteiger partial charge in [0.25, 0.3) is 11.6 Å². The second-order valence-electron chi connectivity index (χ2n) is 7.61. The van der Waals surface area contributed by atoms with Gasteiger partial charge in [-0.25, -0.2) is 0 Å². The minimum absolute atomic E-state index is 0.0102. The van der Waals surface area contributed by atoms with Crippen LogP contribution in [-0.2, 0) is 17.9 Å². The lowest BCUT2D eigenvalue weighted by molar-refractivity contribution is -0.384. The molecule has 0 radical (unpaired) electrons. The molecule has 35 heavy (non-hydrogen) atoms. The molecule has 4 rings (SSSR count). The molecule has 3 aromatic rings. The zero-order valence-corrected chi connectivity index (χ0v) is 20.5. The van der Waals surface area contributed by atoms with Crippen LogP contribution in [0.4, 0.5) is 5.69 Å². The van der Waals surface area contributed by atoms with Gasteiger partial charge in [-0.05, 0) is 41.8 Å². The van der Waals surface area contributed by atoms with Gasteiger partial charge in [0.1, 0.15) is 10.9 Å². The smallest absolute Gasteiger partial charge is 0.269 e. The first-order chi connectivity index (χ1) is 16.9. The number of ether oxygens (including phenoxy) is 2. The van der Waals surface area contributed by atoms with Crippen LogP contribution in [0.2, 0.25) is 0 Å². The zero-order valence-electron chi connectivity index (χ0n) is 18.9. The van der Waals surface area contributed by atoms with Crippen LogP contribution in [0.15, 0.2) is 77.7 Å². The summed E-state index contributed by atoms with van der Waals surface area (Å²) in [6.45, 7) is 2.87. The number of carbonyl (C=O) groups excluding carboxylic acids is 1. The maximum absolute atomic E-state index is 13.0. The van der Waals surface area contributed by atoms with Crippen LogP contribution in [0.1, 0.15) is 23.6 Å². The number of carbonyl (C=O) groups is 1. The number of hydrogen-bond acceptors (Lipinski definition) is 7. The van der Waals surface area contributed by atoms with Crippen molar-refractivity contribution in [2.75, 3.05) is 6.61 Å². The lowest BCUT2D eigenvalue weighted by Crippen LogP contribution is -2.27. The molecule has 1 aliphatic rings. The molecule has 3 aromatic carbocycles. The Morgan fingerprint density at radius 2 is 1.77 bits per heavy atom. The van der Waals surface area contributed by atoms with E-state index in [-0.39, 0.29) is 18.2 Å². The molecule has 0 aliphatic carbocycles. The molecule has 9 heteroatoms. The highest BCUT2D eigenvalue weighted by Crippen LogP contribution is 2.36. The summed E-state index contributed by atoms with van der Waals surface area (Å²) >= 11 is 6.72. The third-order valence-electron chi connectivity index (χ3n) is 5.14. The number of nitrogens with zero attached hydrogens (tertiary/aromatic N) is 2. The molecular weight excluding hydrogens is 484 g/mol. The molecular formula is C26H22N2O5S2. The summed E-state index contributed by atoms with van der Waals surface area (Å²) in [7, 11) is 0. The first kappa shape index (κ1) is 24.4. The number of thioether (sulfide) groups is 1. The van der Waals surface area contributed by atoms with Gasteiger partial charge in [-0.15, -0.1) is 0 Å². The SMILES string of the molecule is CCOc1cc(/C=C2/SC(=S)N(Cc3ccccc3)C2=O)ccc1OCc1cccc([N+](=O)[O-])c1. The Bertz CT molecular complexity index is 1290. The summed E-state index contributed by atoms with van der Waals surface area (Å²) in [5.41, 5.74) is 2.47. The van der Waals surface area contributed by atoms with Crippen molar-refractivity contribution in [3.63, 3.8) is 0 Å². The monoisotopic (exact) mass is 506 g/mol. The van der Waals surface area contributed by atoms with E-state index in [4.69, 9.17) is 21.7 Å². The molecule has 0 atom stereocenters. The summed E-state index contributed by atoms with van der Waals surface area (Å²) in [5, 5.41) is 11.0. The van der Waals surface area contributed by atoms with Gasteiger partial charge in [0.2, 0.25) is 0 Å². The topological polar surface area (TPSA) is 81.9 Å². The van der Waals surface area contributed by atoms with Crippen molar-refractivity contribution in [2.24, 2.45) is 0 Å². The van der Waals surface area contributed by atoms with Gasteiger partial charge >= 0.3 is 0 Å². The molecule has 0 saturated carbocycles. The number of rotatable bonds is 9. The molecule has 0 aromatic heterocycles. The van der Waals surface area contributed by atoms with Crippen molar-refractivity contribution in [1.29, 1.82) is 0 Å². The van der Waals surface area contributed by atoms with Crippen molar-refractivity contribution in [3.8, 4) is 11.5 Å². The van der Waals surface area contributed by atoms with E-state index in [2.05, 4.69) is 0 Å². The van der Waals surface area contributed by atoms with E-state index in [9.17, 15) is 14.9 Å². The van der Waals surface area contributed by atoms with Crippen LogP contribution in [0, 0.1) is 10.1 Å². The Kier molecular flexibility index (Phi) is 7.79. The van der Waals surface area contributed by atoms with Gasteiger partial charge in [0, 0.05) is 12.1 Å². The van der Waals surface area contributed by atoms with E-state index in [1.807, 2.05) is 43.3 Å². The van der Waals surface area contributed by atoms with Crippen LogP contribution in [0.25, 0.3) is 6.08 Å². The molecule has 0 N–H and O–H groups in total. The highest BCUT2D eigenvalue weighted by Gasteiger charge is 2.32. The van der Waals surface area contributed by atoms with Gasteiger partial charge in [-0.2, -0.15) is 0 Å². The summed E-state index contributed by atoms with van der Waals surface area (Å²) in [5.74, 6) is 0.895. The molecule has 0 spiro atoms. The van der Waals surface area contributed by atoms with Gasteiger partial charge < -0.3 is 9.47 Å². The van der Waals surface area contributed by atoms with Gasteiger partial charge in [-0.3, -0.25) is 19.8 Å². The quantitative estimate of drug-likeness (QED) is 0.153. The second-order valence-corrected chi connectivity index (χ2v) is 9.28. The maximum atomic E-state index is 13.0. The molecule has 0 bridgehead atoms. The number of thiocarbonyl (C=S) groups is 1. The number of amides is 1. The molecule has 1 amide bonds. The van der Waals surface area contributed by atoms with Crippen LogP contribution in [0.5, 0.6) is 11.5 Å². The fraction of sp³-hybridized carbons (Fsp3) is 0.154. The fourth-order valence-electron chi connectivity index (χ4n) is 3.48. The van der Waals surface area contributed by atoms with Crippen molar-refractivity contribution >= 4 is 46.0 Å². The number of benzene rings is 3. The van der Waals surface area contributed by atoms with E-state index < -0.39 is 4.92 Å². The van der Waals surface area contributed by atoms with E-state index >= 15 is 0 Å². The van der Waals surface area contributed by atoms with Crippen LogP contribution >= 0.6 is 24.0 Å². The van der Waals surface area contributed by atoms with Crippen molar-refractivity contribution < 1.29 is 19.2 Å². The summed E-state index contributed by atoms with van der Waals surface area (Å²) in [6.07, 6.45) is 1.79. The number of nitro groups is 1. The molecule has 1 saturated heterocycles. The van der Waals surface area contributed by atoms with Crippen LogP contribution < -0.4 is 9.47 Å². The van der Waals surface area contributed by atoms with Crippen LogP contribution in [0.3, 0.4) is 0 Å². The largest absolute Gasteiger partial charge is 0.490 e. The Morgan fingerprint density at radius 3 is 2.51 bits per heavy atom. The van der Waals surface area contributed by atoms with Crippen molar-refractivity contribution in [2.45, 2.75) is 20.1 Å². The standard InChI is InChI=1S/C26H22N2O5S2/c1-2-32-23-14-19(11-12-22(23)33-17-20-9-6-10-21(13-20)28(30)31)15-24-25(29)27(26(34)35-24)16-18-7-4-3-5-8-18/h3-15H,2,16-17H2,1H3/b24-15+. The Hall–Kier alpha value is -3.69. The van der Waals surface area contributed by atoms with E-state index in [1.165, 1.54) is 23.9 Å². The van der Waals surface area contributed by atoms with Crippen molar-refractivity contribution in [1.82, 2.24) is 4.90 Å². The first-order valence-corrected chi connectivity index (χ1v) is 12.1. The molecule has 178 valence electrons. The number of hydrogen-bond donors (Lipinski definition) is 0. The zero-order chi connectivity index (χ0) is 24.8. The normalized spacial score (nSPS) is 14.4. The molecule has 0 unspecified atom stereocenters. The third kappa shape index (κ3) is 6.06. The molecule has 1 aliphatic heterocycles. The van der Waals surface area contributed by atoms with E-state index in [0.29, 0.717) is 39.4 Å². The average molecular weight is 507 g/mol. The first-order valence-electron chi connectivity index (χ1n) is 10.9. The average Bonchev–Trinajstić information content (AvgIpc) is 3.12. The van der Waals surface area contributed by atoms with E-state index in [0.717, 1.165) is 11.1 Å². The predicted molar refractivity (Wildman–Crippen MR) is 140 cm³/mol. The highest BCUT2D eigenvalue weighted by molar-refractivity contribution is 8.26. The molecule has 7 nitrogen and oxygen atoms in total. The van der Waals surface area contributed by atoms with Crippen molar-refractivity contribution in [3.05, 3.63) is 105 Å². The van der Waals surface area contributed by atoms with E-state index in [1.54, 1.807) is 35.2 Å². The number of nitro benzene ring substituents is 1. The highest BCUT2D eigenvalue weighted by atomic mass is 32.2. The number of non-ortho nitro benzene ring substituents is 1. The summed E-state index contributed by atoms with van der Waals surface area (Å²) in [6, 6.07) is 21.4. The summed E-state index contributed by atoms with van der Waals surface area (Å²) < 4.78 is 12.2. The lowest BCUT2D eigenvalue weighted by Gasteiger charge is -2.14. The molecule has 1 heterocycles. The Labute approximate surface area is 212 Å². The Balaban J connectivity index is 1.50. The maximum Gasteiger partial charge on any atom is 0.269 e. The molecule has 1 fully saturated rings. The fourth-order valence-corrected chi connectivity index (χ4v) is 4.73. The lowest BCUT2D eigenvalue weighted by atomic mass is 10.1. The van der Waals surface area contributed by atoms with Gasteiger partial charge in [-0.1, -0.05) is 72.5 Å². The van der Waals surface area contributed by atoms with Gasteiger partial charge in [0.15, 0.2) is 11.5 Å². The van der Waals surface area contributed by atoms with Gasteiger partial charge in [0.05, 0.1) is 23.0 Å². The second kappa shape index (κ2) is 11.2. The summed E-state index contributed by atoms with van der Waals surface area (Å²) in [4.78, 5) is 25.7. The van der Waals surface area contributed by atoms with Crippen LogP contribution in [-0.4, -0.2) is 26.7 Å². The minimum Gasteiger partial charge on any atom is -0.490 e. The Morgan fingerprint density at radius 1 is 1.00 bits per heavy atom. The minimum atomic E-state index is -0.438. The predicted octanol–water partition coefficient (Wildman–Crippen LogP) is 5.97.